The third kappa shape index (κ3) is 7.26. The Hall–Kier alpha value is -0.160. The molecule has 0 fully saturated rings. The summed E-state index contributed by atoms with van der Waals surface area (Å²) in [4.78, 5) is 0. The van der Waals surface area contributed by atoms with Crippen LogP contribution in [-0.2, 0) is 0 Å². The first-order chi connectivity index (χ1) is 6.48. The molecule has 4 heteroatoms. The van der Waals surface area contributed by atoms with E-state index in [1.165, 1.54) is 19.3 Å². The Kier molecular flexibility index (Phi) is 7.09. The second-order valence-corrected chi connectivity index (χ2v) is 3.84. The zero-order valence-electron chi connectivity index (χ0n) is 9.20. The fourth-order valence-electron chi connectivity index (χ4n) is 1.25. The second kappa shape index (κ2) is 7.17. The summed E-state index contributed by atoms with van der Waals surface area (Å²) in [6.07, 6.45) is 6.47. The third-order valence-corrected chi connectivity index (χ3v) is 2.19. The number of hydrogen-bond acceptors (Lipinski definition) is 4. The Morgan fingerprint density at radius 2 is 1.57 bits per heavy atom. The van der Waals surface area contributed by atoms with E-state index >= 15 is 0 Å². The molecule has 0 spiro atoms. The van der Waals surface area contributed by atoms with Crippen LogP contribution in [0.2, 0.25) is 0 Å². The molecular weight excluding hydrogens is 182 g/mol. The van der Waals surface area contributed by atoms with Gasteiger partial charge in [0.2, 0.25) is 5.91 Å². The summed E-state index contributed by atoms with van der Waals surface area (Å²) in [5.74, 6) is -2.22. The van der Waals surface area contributed by atoms with Gasteiger partial charge in [-0.3, -0.25) is 0 Å². The zero-order valence-corrected chi connectivity index (χ0v) is 9.20. The first kappa shape index (κ1) is 13.8. The van der Waals surface area contributed by atoms with Crippen LogP contribution in [0.4, 0.5) is 0 Å². The van der Waals surface area contributed by atoms with Crippen molar-refractivity contribution in [3.63, 3.8) is 0 Å². The van der Waals surface area contributed by atoms with Gasteiger partial charge in [0.25, 0.3) is 0 Å². The van der Waals surface area contributed by atoms with Gasteiger partial charge in [0.15, 0.2) is 0 Å². The van der Waals surface area contributed by atoms with E-state index in [-0.39, 0.29) is 6.54 Å². The number of hydroxylamine groups is 2. The van der Waals surface area contributed by atoms with Gasteiger partial charge in [0.05, 0.1) is 0 Å². The molecule has 0 heterocycles. The standard InChI is InChI=1S/C10H22NO3/c1-3-4-5-6-7-8-9-11(14)10(2,12)13/h12-13H,3-9H2,1-2H3/q-1. The molecule has 0 aliphatic carbocycles. The fraction of sp³-hybridized carbons (Fsp3) is 1.00. The molecule has 0 aliphatic rings. The van der Waals surface area contributed by atoms with Crippen LogP contribution in [0.1, 0.15) is 52.4 Å². The van der Waals surface area contributed by atoms with Crippen LogP contribution < -0.4 is 0 Å². The maximum atomic E-state index is 11.0. The molecule has 0 saturated carbocycles. The molecule has 0 rings (SSSR count). The van der Waals surface area contributed by atoms with Gasteiger partial charge in [0.1, 0.15) is 0 Å². The quantitative estimate of drug-likeness (QED) is 0.359. The fourth-order valence-corrected chi connectivity index (χ4v) is 1.25. The average molecular weight is 204 g/mol. The van der Waals surface area contributed by atoms with Gasteiger partial charge in [-0.1, -0.05) is 39.0 Å². The Bertz CT molecular complexity index is 134. The minimum absolute atomic E-state index is 0.190. The van der Waals surface area contributed by atoms with Gasteiger partial charge >= 0.3 is 0 Å². The lowest BCUT2D eigenvalue weighted by Gasteiger charge is -2.37. The molecule has 0 bridgehead atoms. The molecule has 0 unspecified atom stereocenters. The molecule has 0 aromatic rings. The van der Waals surface area contributed by atoms with E-state index in [0.717, 1.165) is 26.2 Å². The van der Waals surface area contributed by atoms with Crippen LogP contribution in [0.25, 0.3) is 0 Å². The minimum Gasteiger partial charge on any atom is -0.781 e. The van der Waals surface area contributed by atoms with Gasteiger partial charge in [-0.25, -0.2) is 0 Å². The van der Waals surface area contributed by atoms with Crippen molar-refractivity contribution in [2.75, 3.05) is 6.54 Å². The molecule has 0 atom stereocenters. The van der Waals surface area contributed by atoms with Crippen LogP contribution in [0.3, 0.4) is 0 Å². The Labute approximate surface area is 86.1 Å². The molecule has 14 heavy (non-hydrogen) atoms. The van der Waals surface area contributed by atoms with E-state index in [1.807, 2.05) is 0 Å². The van der Waals surface area contributed by atoms with E-state index in [9.17, 15) is 5.21 Å². The van der Waals surface area contributed by atoms with E-state index < -0.39 is 5.91 Å². The largest absolute Gasteiger partial charge is 0.781 e. The highest BCUT2D eigenvalue weighted by molar-refractivity contribution is 4.63. The highest BCUT2D eigenvalue weighted by atomic mass is 16.6. The van der Waals surface area contributed by atoms with Crippen LogP contribution >= 0.6 is 0 Å². The van der Waals surface area contributed by atoms with Crippen molar-refractivity contribution in [3.8, 4) is 0 Å². The van der Waals surface area contributed by atoms with Crippen molar-refractivity contribution < 1.29 is 10.2 Å². The number of aliphatic hydroxyl groups is 2. The lowest BCUT2D eigenvalue weighted by atomic mass is 10.1. The summed E-state index contributed by atoms with van der Waals surface area (Å²) in [6.45, 7) is 3.43. The van der Waals surface area contributed by atoms with E-state index in [0.29, 0.717) is 5.06 Å². The SMILES string of the molecule is CCCCCCCCN([O-])C(C)(O)O. The zero-order chi connectivity index (χ0) is 11.0. The first-order valence-electron chi connectivity index (χ1n) is 5.38. The predicted octanol–water partition coefficient (Wildman–Crippen LogP) is 1.81. The van der Waals surface area contributed by atoms with Crippen LogP contribution in [-0.4, -0.2) is 27.7 Å². The maximum absolute atomic E-state index is 11.0. The van der Waals surface area contributed by atoms with Gasteiger partial charge in [-0.15, -0.1) is 0 Å². The highest BCUT2D eigenvalue weighted by Crippen LogP contribution is 2.09. The number of hydrogen-bond donors (Lipinski definition) is 2. The molecule has 0 radical (unpaired) electrons. The molecule has 0 aromatic heterocycles. The van der Waals surface area contributed by atoms with Gasteiger partial charge in [0, 0.05) is 6.92 Å². The van der Waals surface area contributed by atoms with Crippen LogP contribution in [0.15, 0.2) is 0 Å². The molecule has 0 aliphatic heterocycles. The van der Waals surface area contributed by atoms with Crippen molar-refractivity contribution in [1.29, 1.82) is 0 Å². The number of rotatable bonds is 8. The summed E-state index contributed by atoms with van der Waals surface area (Å²) >= 11 is 0. The smallest absolute Gasteiger partial charge is 0.210 e. The molecule has 0 saturated heterocycles. The van der Waals surface area contributed by atoms with E-state index in [1.54, 1.807) is 0 Å². The molecule has 86 valence electrons. The first-order valence-corrected chi connectivity index (χ1v) is 5.38. The Balaban J connectivity index is 3.28. The average Bonchev–Trinajstić information content (AvgIpc) is 2.09. The molecule has 2 N–H and O–H groups in total. The molecule has 0 amide bonds. The predicted molar refractivity (Wildman–Crippen MR) is 56.3 cm³/mol. The molecule has 0 aromatic carbocycles. The third-order valence-electron chi connectivity index (χ3n) is 2.19. The summed E-state index contributed by atoms with van der Waals surface area (Å²) < 4.78 is 0. The summed E-state index contributed by atoms with van der Waals surface area (Å²) in [6, 6.07) is 0. The maximum Gasteiger partial charge on any atom is 0.210 e. The van der Waals surface area contributed by atoms with Crippen molar-refractivity contribution in [1.82, 2.24) is 5.06 Å². The summed E-state index contributed by atoms with van der Waals surface area (Å²) in [5, 5.41) is 29.1. The van der Waals surface area contributed by atoms with E-state index in [2.05, 4.69) is 6.92 Å². The molecular formula is C10H22NO3-. The van der Waals surface area contributed by atoms with Crippen molar-refractivity contribution in [2.24, 2.45) is 0 Å². The number of nitrogens with zero attached hydrogens (tertiary/aromatic N) is 1. The van der Waals surface area contributed by atoms with E-state index in [4.69, 9.17) is 10.2 Å². The topological polar surface area (TPSA) is 66.8 Å². The lowest BCUT2D eigenvalue weighted by molar-refractivity contribution is -0.233. The van der Waals surface area contributed by atoms with Crippen molar-refractivity contribution in [2.45, 2.75) is 58.3 Å². The van der Waals surface area contributed by atoms with Crippen molar-refractivity contribution in [3.05, 3.63) is 5.21 Å². The van der Waals surface area contributed by atoms with Gasteiger partial charge in [-0.05, 0) is 13.0 Å². The number of unbranched alkanes of at least 4 members (excludes halogenated alkanes) is 5. The highest BCUT2D eigenvalue weighted by Gasteiger charge is 2.15. The minimum atomic E-state index is -2.22. The second-order valence-electron chi connectivity index (χ2n) is 3.84. The Morgan fingerprint density at radius 3 is 2.07 bits per heavy atom. The molecule has 4 nitrogen and oxygen atoms in total. The van der Waals surface area contributed by atoms with Crippen LogP contribution in [0.5, 0.6) is 0 Å². The lowest BCUT2D eigenvalue weighted by Crippen LogP contribution is -2.42. The monoisotopic (exact) mass is 204 g/mol. The normalized spacial score (nSPS) is 12.4. The van der Waals surface area contributed by atoms with Crippen molar-refractivity contribution >= 4 is 0 Å². The van der Waals surface area contributed by atoms with Crippen LogP contribution in [0, 0.1) is 5.21 Å². The van der Waals surface area contributed by atoms with Gasteiger partial charge in [-0.2, -0.15) is 0 Å². The summed E-state index contributed by atoms with van der Waals surface area (Å²) in [5.41, 5.74) is 0. The van der Waals surface area contributed by atoms with Gasteiger partial charge < -0.3 is 20.5 Å². The Morgan fingerprint density at radius 1 is 1.07 bits per heavy atom. The summed E-state index contributed by atoms with van der Waals surface area (Å²) in [7, 11) is 0.